The molecule has 0 atom stereocenters. The van der Waals surface area contributed by atoms with Crippen LogP contribution in [0.3, 0.4) is 0 Å². The first-order valence-electron chi connectivity index (χ1n) is 17.1. The Kier molecular flexibility index (Phi) is 17.6. The summed E-state index contributed by atoms with van der Waals surface area (Å²) in [6, 6.07) is 28.4. The molecule has 2 heterocycles. The van der Waals surface area contributed by atoms with Crippen LogP contribution in [0, 0.1) is 0 Å². The van der Waals surface area contributed by atoms with E-state index in [0.717, 1.165) is 0 Å². The van der Waals surface area contributed by atoms with Crippen LogP contribution in [0.15, 0.2) is 117 Å². The first-order valence-corrected chi connectivity index (χ1v) is 21.6. The van der Waals surface area contributed by atoms with Crippen LogP contribution in [-0.4, -0.2) is 46.5 Å². The molecule has 296 valence electrons. The summed E-state index contributed by atoms with van der Waals surface area (Å²) in [5, 5.41) is 16.6. The fourth-order valence-corrected chi connectivity index (χ4v) is 5.82. The topological polar surface area (TPSA) is 217 Å². The second-order valence-corrected chi connectivity index (χ2v) is 17.0. The van der Waals surface area contributed by atoms with E-state index in [1.165, 1.54) is 0 Å². The van der Waals surface area contributed by atoms with Crippen LogP contribution in [-0.2, 0) is 64.9 Å². The fourth-order valence-electron chi connectivity index (χ4n) is 5.17. The molecule has 0 saturated heterocycles. The van der Waals surface area contributed by atoms with Crippen molar-refractivity contribution < 1.29 is 64.9 Å². The van der Waals surface area contributed by atoms with E-state index in [2.05, 4.69) is 43.4 Å². The number of aliphatic imine (C=N–C) groups is 4. The summed E-state index contributed by atoms with van der Waals surface area (Å²) in [5.74, 6) is -1.19. The van der Waals surface area contributed by atoms with Gasteiger partial charge >= 0.3 is 45.7 Å². The molecule has 0 bridgehead atoms. The number of hydrogen-bond acceptors (Lipinski definition) is 11. The SMILES string of the molecule is CC1=Nc2ccccc2[N-]C(=O)CC(C)=Nc2ccccc2[N-]C(=O)C1.CC1=Nc2ccccc2[N-]C(=O)CC(C)=Nc2ccccc2[N-]C(=O)C1.[O]=[Re][O][Re]=[O]. The van der Waals surface area contributed by atoms with Crippen LogP contribution in [0.2, 0.25) is 0 Å². The zero-order chi connectivity index (χ0) is 41.2. The predicted molar refractivity (Wildman–Crippen MR) is 210 cm³/mol. The summed E-state index contributed by atoms with van der Waals surface area (Å²) in [7, 11) is 0. The Bertz CT molecular complexity index is 1970. The van der Waals surface area contributed by atoms with Crippen LogP contribution >= 0.6 is 0 Å². The van der Waals surface area contributed by atoms with E-state index in [4.69, 9.17) is 0 Å². The number of para-hydroxylation sites is 8. The summed E-state index contributed by atoms with van der Waals surface area (Å²) in [4.78, 5) is 67.0. The van der Waals surface area contributed by atoms with Crippen LogP contribution in [0.1, 0.15) is 53.4 Å². The van der Waals surface area contributed by atoms with E-state index >= 15 is 0 Å². The van der Waals surface area contributed by atoms with E-state index < -0.39 is 36.6 Å². The van der Waals surface area contributed by atoms with Crippen molar-refractivity contribution in [3.63, 3.8) is 0 Å². The average molecular weight is 1110 g/mol. The molecule has 4 aromatic rings. The van der Waals surface area contributed by atoms with Crippen molar-refractivity contribution in [3.05, 3.63) is 118 Å². The first-order chi connectivity index (χ1) is 27.4. The Balaban J connectivity index is 0.000000226. The van der Waals surface area contributed by atoms with Gasteiger partial charge < -0.3 is 40.4 Å². The van der Waals surface area contributed by atoms with Gasteiger partial charge in [-0.25, -0.2) is 0 Å². The van der Waals surface area contributed by atoms with Gasteiger partial charge in [-0.1, -0.05) is 72.8 Å². The Labute approximate surface area is 346 Å². The van der Waals surface area contributed by atoms with Gasteiger partial charge in [0, 0.05) is 71.3 Å². The standard InChI is InChI=1S/2C20H20N4O2.3O.2Re/c2*1-13-11-19(25)23-18-10-6-4-8-16(18)22-14(2)12-20(26)24-17-9-5-3-7-15(17)21-13;;;;;/h2*3-10H,11-12H2,1-2H3,(H2,23,24,25,26);;;;;/p-4. The number of carbonyl (C=O) groups is 4. The van der Waals surface area contributed by atoms with Gasteiger partial charge in [-0.05, 0) is 52.0 Å². The maximum atomic E-state index is 12.3. The van der Waals surface area contributed by atoms with Gasteiger partial charge in [-0.3, -0.25) is 20.0 Å². The van der Waals surface area contributed by atoms with Crippen LogP contribution in [0.25, 0.3) is 21.3 Å². The van der Waals surface area contributed by atoms with E-state index in [-0.39, 0.29) is 49.3 Å². The normalized spacial score (nSPS) is 14.8. The molecule has 15 nitrogen and oxygen atoms in total. The Hall–Kier alpha value is -5.68. The van der Waals surface area contributed by atoms with E-state index in [0.29, 0.717) is 68.3 Å². The average Bonchev–Trinajstić information content (AvgIpc) is 3.15. The van der Waals surface area contributed by atoms with Gasteiger partial charge in [0.1, 0.15) is 0 Å². The molecule has 0 saturated carbocycles. The monoisotopic (exact) mass is 1110 g/mol. The van der Waals surface area contributed by atoms with Gasteiger partial charge in [0.2, 0.25) is 0 Å². The number of nitrogens with zero attached hydrogens (tertiary/aromatic N) is 8. The van der Waals surface area contributed by atoms with Gasteiger partial charge in [0.15, 0.2) is 0 Å². The molecule has 0 radical (unpaired) electrons. The van der Waals surface area contributed by atoms with Crippen LogP contribution in [0.4, 0.5) is 45.5 Å². The molecule has 0 aliphatic carbocycles. The molecule has 6 rings (SSSR count). The second-order valence-electron chi connectivity index (χ2n) is 12.3. The molecule has 0 fully saturated rings. The molecule has 0 unspecified atom stereocenters. The van der Waals surface area contributed by atoms with E-state index in [9.17, 15) is 26.1 Å². The van der Waals surface area contributed by atoms with Crippen molar-refractivity contribution in [2.24, 2.45) is 20.0 Å². The number of fused-ring (bicyclic) bond motifs is 4. The number of amides is 4. The van der Waals surface area contributed by atoms with Crippen molar-refractivity contribution in [2.45, 2.75) is 53.4 Å². The van der Waals surface area contributed by atoms with E-state index in [1.54, 1.807) is 100 Å². The van der Waals surface area contributed by atoms with Gasteiger partial charge in [-0.15, -0.1) is 22.7 Å². The van der Waals surface area contributed by atoms with Crippen molar-refractivity contribution in [2.75, 3.05) is 0 Å². The fraction of sp³-hybridized carbons (Fsp3) is 0.200. The Morgan fingerprint density at radius 1 is 0.404 bits per heavy atom. The molecule has 17 heteroatoms. The molecule has 0 spiro atoms. The number of rotatable bonds is 2. The minimum absolute atomic E-state index is 0.0827. The van der Waals surface area contributed by atoms with Gasteiger partial charge in [0.25, 0.3) is 0 Å². The molecule has 2 aliphatic heterocycles. The third-order valence-corrected chi connectivity index (χ3v) is 10.6. The van der Waals surface area contributed by atoms with Crippen LogP contribution < -0.4 is 0 Å². The maximum absolute atomic E-state index is 12.3. The minimum atomic E-state index is -1.67. The first kappa shape index (κ1) is 44.0. The Morgan fingerprint density at radius 2 is 0.614 bits per heavy atom. The van der Waals surface area contributed by atoms with Crippen molar-refractivity contribution >= 4 is 92.0 Å². The van der Waals surface area contributed by atoms with Crippen molar-refractivity contribution in [1.82, 2.24) is 0 Å². The Morgan fingerprint density at radius 3 is 0.807 bits per heavy atom. The van der Waals surface area contributed by atoms with Gasteiger partial charge in [0.05, 0.1) is 23.6 Å². The third-order valence-electron chi connectivity index (χ3n) is 7.43. The number of benzene rings is 4. The molecule has 4 amide bonds. The van der Waals surface area contributed by atoms with Crippen molar-refractivity contribution in [3.8, 4) is 0 Å². The third kappa shape index (κ3) is 15.1. The van der Waals surface area contributed by atoms with Crippen LogP contribution in [0.5, 0.6) is 0 Å². The molecule has 2 aliphatic rings. The number of hydrogen-bond donors (Lipinski definition) is 0. The number of carbonyl (C=O) groups excluding carboxylic acids is 4. The molecule has 0 aromatic heterocycles. The molecular formula is C40H36N8O7Re2-4. The van der Waals surface area contributed by atoms with Gasteiger partial charge in [-0.2, -0.15) is 0 Å². The summed E-state index contributed by atoms with van der Waals surface area (Å²) < 4.78 is 22.6. The van der Waals surface area contributed by atoms with Crippen molar-refractivity contribution in [1.29, 1.82) is 0 Å². The second kappa shape index (κ2) is 22.8. The predicted octanol–water partition coefficient (Wildman–Crippen LogP) is 10.5. The quantitative estimate of drug-likeness (QED) is 0.189. The van der Waals surface area contributed by atoms with E-state index in [1.807, 2.05) is 24.3 Å². The molecule has 0 N–H and O–H groups in total. The summed E-state index contributed by atoms with van der Waals surface area (Å²) in [6.45, 7) is 7.02. The summed E-state index contributed by atoms with van der Waals surface area (Å²) >= 11 is -3.35. The summed E-state index contributed by atoms with van der Waals surface area (Å²) in [5.41, 5.74) is 6.53. The zero-order valence-corrected chi connectivity index (χ0v) is 36.7. The molecule has 57 heavy (non-hydrogen) atoms. The molecule has 4 aromatic carbocycles. The zero-order valence-electron chi connectivity index (χ0n) is 31.3. The summed E-state index contributed by atoms with van der Waals surface area (Å²) in [6.07, 6.45) is 0.331. The molecular weight excluding hydrogens is 1080 g/mol.